The van der Waals surface area contributed by atoms with E-state index >= 15 is 0 Å². The van der Waals surface area contributed by atoms with Gasteiger partial charge in [0.15, 0.2) is 17.4 Å². The first-order valence-electron chi connectivity index (χ1n) is 0. The van der Waals surface area contributed by atoms with Crippen LogP contribution in [0, 0.1) is 0 Å². The number of rotatable bonds is 0. The van der Waals surface area contributed by atoms with E-state index in [9.17, 15) is 0 Å². The van der Waals surface area contributed by atoms with Gasteiger partial charge in [0, 0.05) is 0 Å². The Morgan fingerprint density at radius 3 is 1.00 bits per heavy atom. The van der Waals surface area contributed by atoms with Gasteiger partial charge < -0.3 is 6.15 Å². The fourth-order valence-electron chi connectivity index (χ4n) is 0. The Hall–Kier alpha value is 2.00. The molecule has 0 heterocycles. The molecule has 0 amide bonds. The zero-order valence-corrected chi connectivity index (χ0v) is 0.707. The fraction of sp³-hybridized carbons (Fsp3) is 0. The first-order chi connectivity index (χ1) is 0. The van der Waals surface area contributed by atoms with Crippen molar-refractivity contribution in [1.29, 1.82) is 0 Å². The Balaban J connectivity index is 0. The molecule has 0 aromatic carbocycles. The zero-order chi connectivity index (χ0) is 0. The molecule has 26 valence electrons. The van der Waals surface area contributed by atoms with E-state index in [0.29, 0.717) is 0 Å². The third-order valence-corrected chi connectivity index (χ3v) is 0. The van der Waals surface area contributed by atoms with Crippen LogP contribution in [0.1, 0.15) is 0 Å². The van der Waals surface area contributed by atoms with Gasteiger partial charge in [-0.2, -0.15) is 0 Å². The van der Waals surface area contributed by atoms with Crippen molar-refractivity contribution < 1.29 is 0 Å². The molecule has 0 aromatic heterocycles. The van der Waals surface area contributed by atoms with Gasteiger partial charge in [-0.25, -0.2) is 0 Å². The Morgan fingerprint density at radius 1 is 1.00 bits per heavy atom. The van der Waals surface area contributed by atoms with Gasteiger partial charge in [-0.1, -0.05) is 0 Å². The average molecular weight is 238 g/mol. The Kier molecular flexibility index (Phi) is 188. The minimum atomic E-state index is 0. The molecular formula is H12AlGaInN. The van der Waals surface area contributed by atoms with E-state index < -0.39 is 0 Å². The van der Waals surface area contributed by atoms with Crippen LogP contribution in [-0.4, -0.2) is 63.0 Å². The van der Waals surface area contributed by atoms with Gasteiger partial charge in [0.25, 0.3) is 0 Å². The molecule has 4 heavy (non-hydrogen) atoms. The fourth-order valence-corrected chi connectivity index (χ4v) is 0. The van der Waals surface area contributed by atoms with Crippen molar-refractivity contribution in [3.63, 3.8) is 0 Å². The minimum absolute atomic E-state index is 0. The van der Waals surface area contributed by atoms with Crippen molar-refractivity contribution in [2.45, 2.75) is 0 Å². The van der Waals surface area contributed by atoms with Crippen LogP contribution in [-0.2, 0) is 0 Å². The van der Waals surface area contributed by atoms with Gasteiger partial charge in [-0.3, -0.25) is 0 Å². The summed E-state index contributed by atoms with van der Waals surface area (Å²) in [4.78, 5) is 0. The van der Waals surface area contributed by atoms with Crippen molar-refractivity contribution in [2.24, 2.45) is 0 Å². The molecule has 0 spiro atoms. The summed E-state index contributed by atoms with van der Waals surface area (Å²) >= 11 is 0. The summed E-state index contributed by atoms with van der Waals surface area (Å²) in [6.07, 6.45) is 0. The second-order valence-corrected chi connectivity index (χ2v) is 0. The first-order valence-corrected chi connectivity index (χ1v) is 0. The molecule has 0 aromatic rings. The second-order valence-electron chi connectivity index (χ2n) is 0. The molecule has 0 saturated heterocycles. The van der Waals surface area contributed by atoms with Crippen LogP contribution in [0.15, 0.2) is 0 Å². The Labute approximate surface area is 68.5 Å². The van der Waals surface area contributed by atoms with E-state index in [1.54, 1.807) is 0 Å². The van der Waals surface area contributed by atoms with Crippen LogP contribution in [0.3, 0.4) is 0 Å². The molecule has 1 nitrogen and oxygen atoms in total. The van der Waals surface area contributed by atoms with Gasteiger partial charge in [-0.15, -0.1) is 0 Å². The summed E-state index contributed by atoms with van der Waals surface area (Å²) in [5.74, 6) is 0. The molecule has 3 N–H and O–H groups in total. The summed E-state index contributed by atoms with van der Waals surface area (Å²) in [5.41, 5.74) is 0. The standard InChI is InChI=1S/Al.Ga.In.H3N.9H/h;;;1H3;;;;;;;;;. The third kappa shape index (κ3) is 9.00. The maximum absolute atomic E-state index is 0. The molecule has 0 unspecified atom stereocenters. The van der Waals surface area contributed by atoms with E-state index in [2.05, 4.69) is 0 Å². The predicted molar refractivity (Wildman–Crippen MR) is 34.8 cm³/mol. The molecule has 0 bridgehead atoms. The molecule has 0 atom stereocenters. The molecule has 0 rings (SSSR count). The van der Waals surface area contributed by atoms with Crippen LogP contribution >= 0.6 is 0 Å². The van der Waals surface area contributed by atoms with Crippen LogP contribution < -0.4 is 6.15 Å². The molecule has 0 aliphatic rings. The van der Waals surface area contributed by atoms with E-state index in [1.165, 1.54) is 0 Å². The zero-order valence-electron chi connectivity index (χ0n) is 0.707. The SMILES string of the molecule is N.[AlH3].[GaH3].[InH3]. The molecule has 0 saturated carbocycles. The summed E-state index contributed by atoms with van der Waals surface area (Å²) in [6.45, 7) is 0. The van der Waals surface area contributed by atoms with Crippen molar-refractivity contribution >= 4 is 63.0 Å². The van der Waals surface area contributed by atoms with Crippen LogP contribution in [0.5, 0.6) is 0 Å². The Bertz CT molecular complexity index is 8.00. The van der Waals surface area contributed by atoms with Gasteiger partial charge >= 0.3 is 45.6 Å². The molecule has 0 fully saturated rings. The summed E-state index contributed by atoms with van der Waals surface area (Å²) in [6, 6.07) is 0. The summed E-state index contributed by atoms with van der Waals surface area (Å²) in [5, 5.41) is 0. The van der Waals surface area contributed by atoms with Gasteiger partial charge in [0.1, 0.15) is 0 Å². The third-order valence-electron chi connectivity index (χ3n) is 0. The van der Waals surface area contributed by atoms with E-state index in [0.717, 1.165) is 0 Å². The van der Waals surface area contributed by atoms with Crippen LogP contribution in [0.4, 0.5) is 0 Å². The molecule has 0 radical (unpaired) electrons. The monoisotopic (exact) mass is 237 g/mol. The summed E-state index contributed by atoms with van der Waals surface area (Å²) < 4.78 is 0. The average Bonchev–Trinajstić information content (AvgIpc) is 0. The Morgan fingerprint density at radius 2 is 1.00 bits per heavy atom. The molecule has 0 aliphatic heterocycles. The van der Waals surface area contributed by atoms with Gasteiger partial charge in [0.2, 0.25) is 0 Å². The quantitative estimate of drug-likeness (QED) is 0.438. The maximum atomic E-state index is 0. The normalized spacial score (nSPS) is 0. The van der Waals surface area contributed by atoms with Crippen molar-refractivity contribution in [2.75, 3.05) is 0 Å². The van der Waals surface area contributed by atoms with E-state index in [-0.39, 0.29) is 69.1 Å². The van der Waals surface area contributed by atoms with Gasteiger partial charge in [-0.05, 0) is 0 Å². The second kappa shape index (κ2) is 20.0. The van der Waals surface area contributed by atoms with Crippen molar-refractivity contribution in [1.82, 2.24) is 6.15 Å². The summed E-state index contributed by atoms with van der Waals surface area (Å²) in [7, 11) is 0. The van der Waals surface area contributed by atoms with Crippen LogP contribution in [0.25, 0.3) is 0 Å². The topological polar surface area (TPSA) is 35.0 Å². The molecule has 0 aliphatic carbocycles. The van der Waals surface area contributed by atoms with Crippen molar-refractivity contribution in [3.05, 3.63) is 0 Å². The first kappa shape index (κ1) is 37.5. The van der Waals surface area contributed by atoms with E-state index in [4.69, 9.17) is 0 Å². The van der Waals surface area contributed by atoms with Crippen molar-refractivity contribution in [3.8, 4) is 0 Å². The molecular weight excluding hydrogens is 226 g/mol. The van der Waals surface area contributed by atoms with Gasteiger partial charge in [0.05, 0.1) is 0 Å². The molecule has 4 heteroatoms. The number of hydrogen-bond acceptors (Lipinski definition) is 1. The van der Waals surface area contributed by atoms with Crippen LogP contribution in [0.2, 0.25) is 0 Å². The van der Waals surface area contributed by atoms with E-state index in [1.807, 2.05) is 0 Å². The number of hydrogen-bond donors (Lipinski definition) is 1. The predicted octanol–water partition coefficient (Wildman–Crippen LogP) is -3.39.